The minimum absolute atomic E-state index is 0.00483. The Morgan fingerprint density at radius 1 is 0.821 bits per heavy atom. The topological polar surface area (TPSA) is 49.9 Å². The lowest BCUT2D eigenvalue weighted by atomic mass is 10.1. The maximum Gasteiger partial charge on any atom is 0.227 e. The van der Waals surface area contributed by atoms with Crippen molar-refractivity contribution < 1.29 is 18.7 Å². The van der Waals surface area contributed by atoms with Gasteiger partial charge in [-0.3, -0.25) is 9.59 Å². The predicted octanol–water partition coefficient (Wildman–Crippen LogP) is 2.68. The van der Waals surface area contributed by atoms with Crippen LogP contribution in [0.4, 0.5) is 4.39 Å². The number of carbonyl (C=O) groups is 2. The molecule has 0 spiro atoms. The molecule has 2 aromatic rings. The van der Waals surface area contributed by atoms with Crippen LogP contribution in [0.3, 0.4) is 0 Å². The molecule has 0 aliphatic carbocycles. The number of piperazine rings is 1. The molecule has 5 nitrogen and oxygen atoms in total. The van der Waals surface area contributed by atoms with Crippen molar-refractivity contribution in [3.05, 3.63) is 65.5 Å². The number of hydrogen-bond donors (Lipinski definition) is 0. The number of hydrogen-bond acceptors (Lipinski definition) is 3. The number of halogens is 1. The average molecular weight is 384 g/mol. The third-order valence-corrected chi connectivity index (χ3v) is 4.84. The second kappa shape index (κ2) is 9.35. The van der Waals surface area contributed by atoms with Crippen LogP contribution >= 0.6 is 0 Å². The van der Waals surface area contributed by atoms with Gasteiger partial charge >= 0.3 is 0 Å². The van der Waals surface area contributed by atoms with Crippen LogP contribution in [0.25, 0.3) is 0 Å². The quantitative estimate of drug-likeness (QED) is 0.769. The van der Waals surface area contributed by atoms with Gasteiger partial charge in [-0.1, -0.05) is 24.3 Å². The molecule has 0 N–H and O–H groups in total. The number of rotatable bonds is 6. The molecule has 148 valence electrons. The zero-order chi connectivity index (χ0) is 19.9. The molecule has 0 bridgehead atoms. The summed E-state index contributed by atoms with van der Waals surface area (Å²) in [5.41, 5.74) is 1.74. The second-order valence-electron chi connectivity index (χ2n) is 6.82. The van der Waals surface area contributed by atoms with Gasteiger partial charge in [0, 0.05) is 26.2 Å². The number of amides is 2. The number of ether oxygens (including phenoxy) is 1. The van der Waals surface area contributed by atoms with Gasteiger partial charge in [0.1, 0.15) is 11.6 Å². The summed E-state index contributed by atoms with van der Waals surface area (Å²) >= 11 is 0. The predicted molar refractivity (Wildman–Crippen MR) is 105 cm³/mol. The lowest BCUT2D eigenvalue weighted by molar-refractivity contribution is -0.138. The van der Waals surface area contributed by atoms with E-state index in [9.17, 15) is 14.0 Å². The van der Waals surface area contributed by atoms with Crippen LogP contribution < -0.4 is 4.74 Å². The van der Waals surface area contributed by atoms with Crippen molar-refractivity contribution in [1.82, 2.24) is 9.80 Å². The molecule has 1 saturated heterocycles. The molecule has 0 unspecified atom stereocenters. The standard InChI is InChI=1S/C22H25FN2O3/c1-2-28-20-9-5-18(6-10-20)16-22(27)25-13-11-24(12-14-25)21(26)15-17-3-7-19(23)8-4-17/h3-10H,2,11-16H2,1H3. The summed E-state index contributed by atoms with van der Waals surface area (Å²) in [5, 5.41) is 0. The fraction of sp³-hybridized carbons (Fsp3) is 0.364. The molecule has 28 heavy (non-hydrogen) atoms. The molecule has 0 aromatic heterocycles. The Bertz CT molecular complexity index is 798. The molecule has 3 rings (SSSR count). The van der Waals surface area contributed by atoms with Gasteiger partial charge in [0.05, 0.1) is 19.4 Å². The van der Waals surface area contributed by atoms with Crippen molar-refractivity contribution >= 4 is 11.8 Å². The average Bonchev–Trinajstić information content (AvgIpc) is 2.71. The fourth-order valence-electron chi connectivity index (χ4n) is 3.25. The van der Waals surface area contributed by atoms with E-state index in [0.29, 0.717) is 39.2 Å². The van der Waals surface area contributed by atoms with Crippen LogP contribution in [0.15, 0.2) is 48.5 Å². The van der Waals surface area contributed by atoms with Crippen LogP contribution in [0.1, 0.15) is 18.1 Å². The summed E-state index contributed by atoms with van der Waals surface area (Å²) in [6, 6.07) is 13.5. The maximum atomic E-state index is 13.0. The van der Waals surface area contributed by atoms with E-state index in [1.54, 1.807) is 21.9 Å². The Balaban J connectivity index is 1.46. The van der Waals surface area contributed by atoms with Gasteiger partial charge in [-0.2, -0.15) is 0 Å². The summed E-state index contributed by atoms with van der Waals surface area (Å²) in [7, 11) is 0. The lowest BCUT2D eigenvalue weighted by Gasteiger charge is -2.35. The van der Waals surface area contributed by atoms with E-state index >= 15 is 0 Å². The van der Waals surface area contributed by atoms with Crippen molar-refractivity contribution in [3.63, 3.8) is 0 Å². The van der Waals surface area contributed by atoms with Gasteiger partial charge in [-0.05, 0) is 42.3 Å². The highest BCUT2D eigenvalue weighted by atomic mass is 19.1. The largest absolute Gasteiger partial charge is 0.494 e. The molecule has 6 heteroatoms. The van der Waals surface area contributed by atoms with Crippen LogP contribution in [0, 0.1) is 5.82 Å². The third-order valence-electron chi connectivity index (χ3n) is 4.84. The summed E-state index contributed by atoms with van der Waals surface area (Å²) in [6.45, 7) is 4.66. The molecule has 0 atom stereocenters. The highest BCUT2D eigenvalue weighted by Gasteiger charge is 2.24. The van der Waals surface area contributed by atoms with Crippen LogP contribution in [-0.4, -0.2) is 54.4 Å². The van der Waals surface area contributed by atoms with Crippen LogP contribution in [0.2, 0.25) is 0 Å². The van der Waals surface area contributed by atoms with Gasteiger partial charge in [0.15, 0.2) is 0 Å². The van der Waals surface area contributed by atoms with Gasteiger partial charge in [-0.25, -0.2) is 4.39 Å². The number of carbonyl (C=O) groups excluding carboxylic acids is 2. The van der Waals surface area contributed by atoms with Gasteiger partial charge in [-0.15, -0.1) is 0 Å². The third kappa shape index (κ3) is 5.31. The van der Waals surface area contributed by atoms with Crippen molar-refractivity contribution in [1.29, 1.82) is 0 Å². The summed E-state index contributed by atoms with van der Waals surface area (Å²) < 4.78 is 18.4. The molecule has 1 heterocycles. The number of nitrogens with zero attached hydrogens (tertiary/aromatic N) is 2. The fourth-order valence-corrected chi connectivity index (χ4v) is 3.25. The smallest absolute Gasteiger partial charge is 0.227 e. The molecule has 0 radical (unpaired) electrons. The normalized spacial score (nSPS) is 14.1. The molecule has 0 saturated carbocycles. The van der Waals surface area contributed by atoms with E-state index in [0.717, 1.165) is 16.9 Å². The Hall–Kier alpha value is -2.89. The zero-order valence-corrected chi connectivity index (χ0v) is 16.1. The highest BCUT2D eigenvalue weighted by molar-refractivity contribution is 5.81. The first-order chi connectivity index (χ1) is 13.5. The molecule has 1 fully saturated rings. The van der Waals surface area contributed by atoms with Crippen molar-refractivity contribution in [2.45, 2.75) is 19.8 Å². The first-order valence-corrected chi connectivity index (χ1v) is 9.57. The molecule has 1 aliphatic heterocycles. The van der Waals surface area contributed by atoms with Crippen molar-refractivity contribution in [3.8, 4) is 5.75 Å². The Kier molecular flexibility index (Phi) is 6.63. The Morgan fingerprint density at radius 2 is 1.25 bits per heavy atom. The van der Waals surface area contributed by atoms with Crippen molar-refractivity contribution in [2.75, 3.05) is 32.8 Å². The highest BCUT2D eigenvalue weighted by Crippen LogP contribution is 2.14. The van der Waals surface area contributed by atoms with Gasteiger partial charge in [0.2, 0.25) is 11.8 Å². The van der Waals surface area contributed by atoms with E-state index < -0.39 is 0 Å². The van der Waals surface area contributed by atoms with Gasteiger partial charge < -0.3 is 14.5 Å². The summed E-state index contributed by atoms with van der Waals surface area (Å²) in [6.07, 6.45) is 0.594. The molecule has 2 amide bonds. The van der Waals surface area contributed by atoms with Gasteiger partial charge in [0.25, 0.3) is 0 Å². The second-order valence-corrected chi connectivity index (χ2v) is 6.82. The van der Waals surface area contributed by atoms with Crippen LogP contribution in [0.5, 0.6) is 5.75 Å². The van der Waals surface area contributed by atoms with E-state index in [1.165, 1.54) is 12.1 Å². The Labute approximate surface area is 164 Å². The van der Waals surface area contributed by atoms with Crippen molar-refractivity contribution in [2.24, 2.45) is 0 Å². The first-order valence-electron chi connectivity index (χ1n) is 9.57. The monoisotopic (exact) mass is 384 g/mol. The molecule has 1 aliphatic rings. The summed E-state index contributed by atoms with van der Waals surface area (Å²) in [4.78, 5) is 28.5. The molecular weight excluding hydrogens is 359 g/mol. The van der Waals surface area contributed by atoms with E-state index in [1.807, 2.05) is 31.2 Å². The SMILES string of the molecule is CCOc1ccc(CC(=O)N2CCN(C(=O)Cc3ccc(F)cc3)CC2)cc1. The van der Waals surface area contributed by atoms with E-state index in [2.05, 4.69) is 0 Å². The van der Waals surface area contributed by atoms with E-state index in [4.69, 9.17) is 4.74 Å². The maximum absolute atomic E-state index is 13.0. The first kappa shape index (κ1) is 19.9. The minimum Gasteiger partial charge on any atom is -0.494 e. The zero-order valence-electron chi connectivity index (χ0n) is 16.1. The summed E-state index contributed by atoms with van der Waals surface area (Å²) in [5.74, 6) is 0.558. The van der Waals surface area contributed by atoms with Crippen LogP contribution in [-0.2, 0) is 22.4 Å². The molecular formula is C22H25FN2O3. The number of benzene rings is 2. The Morgan fingerprint density at radius 3 is 1.68 bits per heavy atom. The minimum atomic E-state index is -0.309. The molecule has 2 aromatic carbocycles. The van der Waals surface area contributed by atoms with E-state index in [-0.39, 0.29) is 24.1 Å². The lowest BCUT2D eigenvalue weighted by Crippen LogP contribution is -2.51.